The predicted molar refractivity (Wildman–Crippen MR) is 120 cm³/mol. The summed E-state index contributed by atoms with van der Waals surface area (Å²) in [6, 6.07) is 9.01. The number of hydrogen-bond acceptors (Lipinski definition) is 5. The van der Waals surface area contributed by atoms with Gasteiger partial charge in [0.15, 0.2) is 0 Å². The van der Waals surface area contributed by atoms with Crippen LogP contribution in [0.15, 0.2) is 35.6 Å². The molecule has 0 aliphatic heterocycles. The van der Waals surface area contributed by atoms with E-state index in [9.17, 15) is 0 Å². The van der Waals surface area contributed by atoms with E-state index in [1.807, 2.05) is 23.1 Å². The Bertz CT molecular complexity index is 867. The van der Waals surface area contributed by atoms with E-state index in [1.54, 1.807) is 6.33 Å². The van der Waals surface area contributed by atoms with Gasteiger partial charge in [0.25, 0.3) is 0 Å². The molecular weight excluding hydrogens is 370 g/mol. The molecule has 0 saturated heterocycles. The molecule has 2 heterocycles. The molecule has 0 radical (unpaired) electrons. The zero-order valence-electron chi connectivity index (χ0n) is 16.8. The number of thioether (sulfide) groups is 1. The Morgan fingerprint density at radius 2 is 1.70 bits per heavy atom. The average molecular weight is 400 g/mol. The van der Waals surface area contributed by atoms with Crippen molar-refractivity contribution in [2.45, 2.75) is 45.6 Å². The fourth-order valence-electron chi connectivity index (χ4n) is 3.33. The van der Waals surface area contributed by atoms with Gasteiger partial charge in [0, 0.05) is 22.7 Å². The van der Waals surface area contributed by atoms with Gasteiger partial charge in [-0.15, -0.1) is 23.1 Å². The van der Waals surface area contributed by atoms with Crippen LogP contribution in [0.25, 0.3) is 21.3 Å². The third-order valence-electron chi connectivity index (χ3n) is 5.04. The van der Waals surface area contributed by atoms with Gasteiger partial charge >= 0.3 is 0 Å². The van der Waals surface area contributed by atoms with Crippen LogP contribution in [0.2, 0.25) is 0 Å². The monoisotopic (exact) mass is 399 g/mol. The van der Waals surface area contributed by atoms with Gasteiger partial charge in [-0.25, -0.2) is 9.97 Å². The summed E-state index contributed by atoms with van der Waals surface area (Å²) < 4.78 is 0. The van der Waals surface area contributed by atoms with E-state index in [4.69, 9.17) is 0 Å². The smallest absolute Gasteiger partial charge is 0.128 e. The van der Waals surface area contributed by atoms with Gasteiger partial charge < -0.3 is 4.90 Å². The van der Waals surface area contributed by atoms with Gasteiger partial charge in [-0.2, -0.15) is 0 Å². The van der Waals surface area contributed by atoms with Gasteiger partial charge in [-0.3, -0.25) is 0 Å². The number of thiophene rings is 1. The predicted octanol–water partition coefficient (Wildman–Crippen LogP) is 5.92. The molecule has 0 atom stereocenters. The molecule has 0 spiro atoms. The second-order valence-electron chi connectivity index (χ2n) is 6.54. The number of rotatable bonds is 9. The van der Waals surface area contributed by atoms with E-state index in [0.29, 0.717) is 0 Å². The Kier molecular flexibility index (Phi) is 7.27. The number of hydrogen-bond donors (Lipinski definition) is 0. The van der Waals surface area contributed by atoms with Crippen LogP contribution in [-0.2, 0) is 12.8 Å². The van der Waals surface area contributed by atoms with Crippen LogP contribution in [-0.4, -0.2) is 40.3 Å². The molecule has 5 heteroatoms. The second-order valence-corrected chi connectivity index (χ2v) is 8.71. The largest absolute Gasteiger partial charge is 0.303 e. The molecule has 144 valence electrons. The Labute approximate surface area is 171 Å². The zero-order chi connectivity index (χ0) is 19.2. The van der Waals surface area contributed by atoms with Gasteiger partial charge in [-0.1, -0.05) is 52.0 Å². The lowest BCUT2D eigenvalue weighted by molar-refractivity contribution is 0.324. The van der Waals surface area contributed by atoms with E-state index in [2.05, 4.69) is 66.8 Å². The summed E-state index contributed by atoms with van der Waals surface area (Å²) in [5.41, 5.74) is 4.00. The number of nitrogens with zero attached hydrogens (tertiary/aromatic N) is 3. The average Bonchev–Trinajstić information content (AvgIpc) is 3.10. The van der Waals surface area contributed by atoms with Crippen molar-refractivity contribution < 1.29 is 0 Å². The van der Waals surface area contributed by atoms with Crippen LogP contribution >= 0.6 is 23.1 Å². The van der Waals surface area contributed by atoms with Crippen molar-refractivity contribution in [3.63, 3.8) is 0 Å². The van der Waals surface area contributed by atoms with E-state index in [0.717, 1.165) is 48.1 Å². The molecule has 3 aromatic rings. The fraction of sp³-hybridized carbons (Fsp3) is 0.455. The molecule has 0 N–H and O–H groups in total. The molecular formula is C22H29N3S2. The molecule has 0 saturated carbocycles. The molecule has 0 unspecified atom stereocenters. The lowest BCUT2D eigenvalue weighted by atomic mass is 10.0. The topological polar surface area (TPSA) is 29.0 Å². The van der Waals surface area contributed by atoms with Crippen molar-refractivity contribution in [3.8, 4) is 11.1 Å². The standard InChI is InChI=1S/C22H29N3S2/c1-5-16-9-11-17(12-10-16)19-18(6-2)27-22-20(19)21(23-15-24-22)26-14-13-25(7-3)8-4/h9-12,15H,5-8,13-14H2,1-4H3. The van der Waals surface area contributed by atoms with E-state index in [1.165, 1.54) is 27.0 Å². The molecule has 3 nitrogen and oxygen atoms in total. The minimum atomic E-state index is 1.02. The number of fused-ring (bicyclic) bond motifs is 1. The van der Waals surface area contributed by atoms with Crippen LogP contribution in [0.5, 0.6) is 0 Å². The third-order valence-corrected chi connectivity index (χ3v) is 7.25. The summed E-state index contributed by atoms with van der Waals surface area (Å²) in [6.07, 6.45) is 3.82. The molecule has 1 aromatic carbocycles. The summed E-state index contributed by atoms with van der Waals surface area (Å²) in [5, 5.41) is 2.37. The van der Waals surface area contributed by atoms with Crippen molar-refractivity contribution in [3.05, 3.63) is 41.0 Å². The Morgan fingerprint density at radius 1 is 0.963 bits per heavy atom. The quantitative estimate of drug-likeness (QED) is 0.330. The highest BCUT2D eigenvalue weighted by atomic mass is 32.2. The van der Waals surface area contributed by atoms with Crippen molar-refractivity contribution in [2.24, 2.45) is 0 Å². The van der Waals surface area contributed by atoms with Crippen LogP contribution in [0.1, 0.15) is 38.1 Å². The van der Waals surface area contributed by atoms with Gasteiger partial charge in [-0.05, 0) is 37.1 Å². The van der Waals surface area contributed by atoms with Crippen molar-refractivity contribution in [1.82, 2.24) is 14.9 Å². The Morgan fingerprint density at radius 3 is 2.33 bits per heavy atom. The SMILES string of the molecule is CCc1ccc(-c2c(CC)sc3ncnc(SCCN(CC)CC)c23)cc1. The first-order chi connectivity index (χ1) is 13.2. The summed E-state index contributed by atoms with van der Waals surface area (Å²) in [6.45, 7) is 12.2. The molecule has 3 rings (SSSR count). The highest BCUT2D eigenvalue weighted by Gasteiger charge is 2.18. The second kappa shape index (κ2) is 9.67. The maximum absolute atomic E-state index is 4.66. The van der Waals surface area contributed by atoms with Crippen molar-refractivity contribution in [1.29, 1.82) is 0 Å². The summed E-state index contributed by atoms with van der Waals surface area (Å²) >= 11 is 3.68. The maximum Gasteiger partial charge on any atom is 0.128 e. The van der Waals surface area contributed by atoms with Gasteiger partial charge in [0.05, 0.1) is 5.39 Å². The summed E-state index contributed by atoms with van der Waals surface area (Å²) in [5.74, 6) is 1.05. The van der Waals surface area contributed by atoms with E-state index in [-0.39, 0.29) is 0 Å². The van der Waals surface area contributed by atoms with Crippen molar-refractivity contribution in [2.75, 3.05) is 25.4 Å². The zero-order valence-corrected chi connectivity index (χ0v) is 18.4. The molecule has 0 amide bonds. The fourth-order valence-corrected chi connectivity index (χ4v) is 5.51. The lowest BCUT2D eigenvalue weighted by Gasteiger charge is -2.17. The Balaban J connectivity index is 1.98. The number of aryl methyl sites for hydroxylation is 2. The van der Waals surface area contributed by atoms with Crippen molar-refractivity contribution >= 4 is 33.3 Å². The van der Waals surface area contributed by atoms with E-state index >= 15 is 0 Å². The molecule has 0 aliphatic rings. The highest BCUT2D eigenvalue weighted by molar-refractivity contribution is 7.99. The van der Waals surface area contributed by atoms with Crippen LogP contribution in [0.4, 0.5) is 0 Å². The third kappa shape index (κ3) is 4.53. The Hall–Kier alpha value is -1.43. The molecule has 0 bridgehead atoms. The normalized spacial score (nSPS) is 11.6. The molecule has 0 aliphatic carbocycles. The highest BCUT2D eigenvalue weighted by Crippen LogP contribution is 2.42. The molecule has 2 aromatic heterocycles. The first-order valence-electron chi connectivity index (χ1n) is 9.92. The first kappa shape index (κ1) is 20.3. The van der Waals surface area contributed by atoms with Gasteiger partial charge in [0.1, 0.15) is 16.2 Å². The lowest BCUT2D eigenvalue weighted by Crippen LogP contribution is -2.25. The van der Waals surface area contributed by atoms with E-state index < -0.39 is 0 Å². The first-order valence-corrected chi connectivity index (χ1v) is 11.7. The van der Waals surface area contributed by atoms with Gasteiger partial charge in [0.2, 0.25) is 0 Å². The molecule has 0 fully saturated rings. The minimum absolute atomic E-state index is 1.02. The summed E-state index contributed by atoms with van der Waals surface area (Å²) in [7, 11) is 0. The van der Waals surface area contributed by atoms with Crippen LogP contribution in [0, 0.1) is 0 Å². The molecule has 27 heavy (non-hydrogen) atoms. The summed E-state index contributed by atoms with van der Waals surface area (Å²) in [4.78, 5) is 14.2. The maximum atomic E-state index is 4.66. The number of benzene rings is 1. The number of aromatic nitrogens is 2. The minimum Gasteiger partial charge on any atom is -0.303 e. The van der Waals surface area contributed by atoms with Crippen LogP contribution < -0.4 is 0 Å². The van der Waals surface area contributed by atoms with Crippen LogP contribution in [0.3, 0.4) is 0 Å².